The van der Waals surface area contributed by atoms with E-state index in [1.54, 1.807) is 0 Å². The summed E-state index contributed by atoms with van der Waals surface area (Å²) in [6.07, 6.45) is -4.24. The van der Waals surface area contributed by atoms with Crippen molar-refractivity contribution in [1.29, 1.82) is 0 Å². The number of halogens is 7. The van der Waals surface area contributed by atoms with Crippen molar-refractivity contribution in [3.8, 4) is 0 Å². The number of nitrogens with two attached hydrogens (primary N) is 1. The molecule has 1 aromatic rings. The molecule has 8 heteroatoms. The third-order valence-electron chi connectivity index (χ3n) is 2.05. The summed E-state index contributed by atoms with van der Waals surface area (Å²) in [6.45, 7) is 0. The summed E-state index contributed by atoms with van der Waals surface area (Å²) >= 11 is 0. The normalized spacial score (nSPS) is 13.2. The molecule has 17 heavy (non-hydrogen) atoms. The van der Waals surface area contributed by atoms with Crippen LogP contribution in [0.5, 0.6) is 0 Å². The molecule has 0 radical (unpaired) electrons. The van der Waals surface area contributed by atoms with Gasteiger partial charge in [0, 0.05) is 18.0 Å². The summed E-state index contributed by atoms with van der Waals surface area (Å²) in [6, 6.07) is -1.97. The van der Waals surface area contributed by atoms with E-state index in [-0.39, 0.29) is 0 Å². The summed E-state index contributed by atoms with van der Waals surface area (Å²) < 4.78 is 88.0. The summed E-state index contributed by atoms with van der Waals surface area (Å²) in [5.74, 6) is -11.1. The first kappa shape index (κ1) is 13.8. The molecular formula is C9H6F7N. The van der Waals surface area contributed by atoms with E-state index < -0.39 is 53.5 Å². The summed E-state index contributed by atoms with van der Waals surface area (Å²) in [5.41, 5.74) is 3.54. The van der Waals surface area contributed by atoms with Gasteiger partial charge in [0.05, 0.1) is 0 Å². The molecule has 1 rings (SSSR count). The van der Waals surface area contributed by atoms with Gasteiger partial charge >= 0.3 is 0 Å². The number of hydrogen-bond acceptors (Lipinski definition) is 1. The lowest BCUT2D eigenvalue weighted by Gasteiger charge is -2.14. The minimum Gasteiger partial charge on any atom is -0.324 e. The molecule has 2 N–H and O–H groups in total. The van der Waals surface area contributed by atoms with E-state index in [1.807, 2.05) is 0 Å². The molecule has 0 aliphatic heterocycles. The Labute approximate surface area is 91.0 Å². The monoisotopic (exact) mass is 261 g/mol. The van der Waals surface area contributed by atoms with Crippen molar-refractivity contribution >= 4 is 0 Å². The summed E-state index contributed by atoms with van der Waals surface area (Å²) in [5, 5.41) is 0. The van der Waals surface area contributed by atoms with Crippen LogP contribution in [0.3, 0.4) is 0 Å². The first-order valence-electron chi connectivity index (χ1n) is 4.32. The molecule has 0 aliphatic carbocycles. The van der Waals surface area contributed by atoms with Crippen molar-refractivity contribution in [3.05, 3.63) is 34.6 Å². The molecule has 0 aliphatic rings. The first-order valence-corrected chi connectivity index (χ1v) is 4.32. The molecule has 0 saturated heterocycles. The maximum Gasteiger partial charge on any atom is 0.240 e. The van der Waals surface area contributed by atoms with E-state index in [9.17, 15) is 30.7 Å². The molecule has 1 aromatic carbocycles. The van der Waals surface area contributed by atoms with Gasteiger partial charge in [0.25, 0.3) is 0 Å². The van der Waals surface area contributed by atoms with Gasteiger partial charge in [0.2, 0.25) is 12.2 Å². The van der Waals surface area contributed by atoms with Crippen LogP contribution < -0.4 is 5.73 Å². The van der Waals surface area contributed by atoms with Crippen molar-refractivity contribution in [1.82, 2.24) is 0 Å². The Morgan fingerprint density at radius 1 is 0.765 bits per heavy atom. The molecule has 0 saturated carbocycles. The Kier molecular flexibility index (Phi) is 3.97. The average Bonchev–Trinajstić information content (AvgIpc) is 2.23. The van der Waals surface area contributed by atoms with Crippen LogP contribution in [0.2, 0.25) is 0 Å². The number of hydrogen-bond donors (Lipinski definition) is 1. The molecule has 1 nitrogen and oxygen atoms in total. The van der Waals surface area contributed by atoms with E-state index >= 15 is 0 Å². The second kappa shape index (κ2) is 4.91. The highest BCUT2D eigenvalue weighted by Gasteiger charge is 2.29. The van der Waals surface area contributed by atoms with Crippen LogP contribution in [0, 0.1) is 29.1 Å². The second-order valence-electron chi connectivity index (χ2n) is 3.22. The fraction of sp³-hybridized carbons (Fsp3) is 0.333. The Hall–Kier alpha value is -1.31. The first-order chi connectivity index (χ1) is 7.77. The molecule has 0 unspecified atom stereocenters. The van der Waals surface area contributed by atoms with Gasteiger partial charge in [-0.3, -0.25) is 0 Å². The van der Waals surface area contributed by atoms with Gasteiger partial charge in [-0.2, -0.15) is 0 Å². The zero-order chi connectivity index (χ0) is 13.3. The van der Waals surface area contributed by atoms with Gasteiger partial charge in [-0.15, -0.1) is 0 Å². The Balaban J connectivity index is 3.33. The molecule has 0 aromatic heterocycles. The Morgan fingerprint density at radius 3 is 1.47 bits per heavy atom. The van der Waals surface area contributed by atoms with E-state index in [4.69, 9.17) is 5.73 Å². The fourth-order valence-electron chi connectivity index (χ4n) is 1.26. The summed E-state index contributed by atoms with van der Waals surface area (Å²) in [4.78, 5) is 0. The van der Waals surface area contributed by atoms with Crippen molar-refractivity contribution < 1.29 is 30.7 Å². The Morgan fingerprint density at radius 2 is 1.12 bits per heavy atom. The molecule has 1 atom stereocenters. The van der Waals surface area contributed by atoms with E-state index in [0.29, 0.717) is 0 Å². The molecule has 0 amide bonds. The smallest absolute Gasteiger partial charge is 0.240 e. The second-order valence-corrected chi connectivity index (χ2v) is 3.22. The molecular weight excluding hydrogens is 255 g/mol. The van der Waals surface area contributed by atoms with Crippen molar-refractivity contribution in [2.24, 2.45) is 5.73 Å². The maximum absolute atomic E-state index is 13.1. The highest BCUT2D eigenvalue weighted by atomic mass is 19.3. The van der Waals surface area contributed by atoms with Crippen LogP contribution in [0.4, 0.5) is 30.7 Å². The van der Waals surface area contributed by atoms with E-state index in [0.717, 1.165) is 0 Å². The predicted molar refractivity (Wildman–Crippen MR) is 43.8 cm³/mol. The molecule has 0 fully saturated rings. The highest BCUT2D eigenvalue weighted by Crippen LogP contribution is 2.29. The SMILES string of the molecule is N[C@H](CC(F)F)c1c(F)c(F)c(F)c(F)c1F. The molecule has 0 bridgehead atoms. The predicted octanol–water partition coefficient (Wildman–Crippen LogP) is 3.04. The Bertz CT molecular complexity index is 403. The zero-order valence-corrected chi connectivity index (χ0v) is 8.08. The standard InChI is InChI=1S/C9H6F7N/c10-3(11)1-2(17)4-5(12)7(14)9(16)8(15)6(4)13/h2-3H,1,17H2/t2-/m1/s1. The largest absolute Gasteiger partial charge is 0.324 e. The van der Waals surface area contributed by atoms with Gasteiger partial charge in [-0.05, 0) is 0 Å². The minimum atomic E-state index is -3.03. The van der Waals surface area contributed by atoms with Crippen LogP contribution >= 0.6 is 0 Å². The quantitative estimate of drug-likeness (QED) is 0.505. The highest BCUT2D eigenvalue weighted by molar-refractivity contribution is 5.26. The van der Waals surface area contributed by atoms with Gasteiger partial charge in [-0.1, -0.05) is 0 Å². The average molecular weight is 261 g/mol. The number of rotatable bonds is 3. The van der Waals surface area contributed by atoms with Crippen LogP contribution in [-0.2, 0) is 0 Å². The van der Waals surface area contributed by atoms with Crippen molar-refractivity contribution in [2.45, 2.75) is 18.9 Å². The van der Waals surface area contributed by atoms with Gasteiger partial charge in [0.1, 0.15) is 0 Å². The molecule has 0 spiro atoms. The van der Waals surface area contributed by atoms with Gasteiger partial charge in [0.15, 0.2) is 23.3 Å². The maximum atomic E-state index is 13.1. The zero-order valence-electron chi connectivity index (χ0n) is 8.08. The fourth-order valence-corrected chi connectivity index (χ4v) is 1.26. The summed E-state index contributed by atoms with van der Waals surface area (Å²) in [7, 11) is 0. The third kappa shape index (κ3) is 2.51. The number of alkyl halides is 2. The van der Waals surface area contributed by atoms with Gasteiger partial charge in [-0.25, -0.2) is 30.7 Å². The molecule has 0 heterocycles. The lowest BCUT2D eigenvalue weighted by Crippen LogP contribution is -2.20. The van der Waals surface area contributed by atoms with Crippen molar-refractivity contribution in [3.63, 3.8) is 0 Å². The van der Waals surface area contributed by atoms with E-state index in [1.165, 1.54) is 0 Å². The minimum absolute atomic E-state index is 1.21. The van der Waals surface area contributed by atoms with Crippen LogP contribution in [0.25, 0.3) is 0 Å². The number of benzene rings is 1. The van der Waals surface area contributed by atoms with Crippen LogP contribution in [0.15, 0.2) is 0 Å². The van der Waals surface area contributed by atoms with Gasteiger partial charge < -0.3 is 5.73 Å². The lowest BCUT2D eigenvalue weighted by molar-refractivity contribution is 0.127. The molecule has 96 valence electrons. The van der Waals surface area contributed by atoms with Crippen LogP contribution in [0.1, 0.15) is 18.0 Å². The lowest BCUT2D eigenvalue weighted by atomic mass is 10.0. The van der Waals surface area contributed by atoms with E-state index in [2.05, 4.69) is 0 Å². The van der Waals surface area contributed by atoms with Crippen LogP contribution in [-0.4, -0.2) is 6.43 Å². The van der Waals surface area contributed by atoms with Crippen molar-refractivity contribution in [2.75, 3.05) is 0 Å². The topological polar surface area (TPSA) is 26.0 Å². The third-order valence-corrected chi connectivity index (χ3v) is 2.05.